The summed E-state index contributed by atoms with van der Waals surface area (Å²) in [7, 11) is 0. The minimum atomic E-state index is -1.15. The van der Waals surface area contributed by atoms with Crippen molar-refractivity contribution < 1.29 is 38.2 Å². The third kappa shape index (κ3) is 5.48. The van der Waals surface area contributed by atoms with Crippen molar-refractivity contribution in [2.45, 2.75) is 19.9 Å². The second kappa shape index (κ2) is 10.3. The molecular formula is C23H22N2O8. The zero-order valence-corrected chi connectivity index (χ0v) is 17.8. The quantitative estimate of drug-likeness (QED) is 0.318. The molecule has 10 nitrogen and oxygen atoms in total. The first-order valence-corrected chi connectivity index (χ1v) is 10.0. The van der Waals surface area contributed by atoms with E-state index in [1.54, 1.807) is 31.2 Å². The summed E-state index contributed by atoms with van der Waals surface area (Å²) in [5.74, 6) is -1.92. The van der Waals surface area contributed by atoms with Crippen LogP contribution in [-0.4, -0.2) is 47.0 Å². The smallest absolute Gasteiger partial charge is 0.341 e. The van der Waals surface area contributed by atoms with Crippen LogP contribution in [0, 0.1) is 0 Å². The maximum atomic E-state index is 12.9. The van der Waals surface area contributed by atoms with Gasteiger partial charge in [-0.1, -0.05) is 6.08 Å². The minimum Gasteiger partial charge on any atom is -0.490 e. The summed E-state index contributed by atoms with van der Waals surface area (Å²) in [6, 6.07) is 5.52. The third-order valence-corrected chi connectivity index (χ3v) is 4.55. The second-order valence-electron chi connectivity index (χ2n) is 6.90. The highest BCUT2D eigenvalue weighted by atomic mass is 16.5. The first kappa shape index (κ1) is 23.3. The van der Waals surface area contributed by atoms with Crippen LogP contribution in [0.1, 0.15) is 23.8 Å². The van der Waals surface area contributed by atoms with Gasteiger partial charge in [0.25, 0.3) is 11.8 Å². The predicted molar refractivity (Wildman–Crippen MR) is 115 cm³/mol. The van der Waals surface area contributed by atoms with E-state index in [0.717, 1.165) is 4.90 Å². The van der Waals surface area contributed by atoms with Crippen LogP contribution in [0.2, 0.25) is 0 Å². The third-order valence-electron chi connectivity index (χ3n) is 4.55. The van der Waals surface area contributed by atoms with Gasteiger partial charge in [-0.25, -0.2) is 9.59 Å². The molecule has 0 atom stereocenters. The van der Waals surface area contributed by atoms with Crippen molar-refractivity contribution in [3.05, 3.63) is 65.6 Å². The van der Waals surface area contributed by atoms with Gasteiger partial charge in [-0.3, -0.25) is 19.8 Å². The lowest BCUT2D eigenvalue weighted by atomic mass is 10.0. The fourth-order valence-corrected chi connectivity index (χ4v) is 3.20. The Morgan fingerprint density at radius 3 is 2.70 bits per heavy atom. The van der Waals surface area contributed by atoms with E-state index in [1.165, 1.54) is 18.4 Å². The van der Waals surface area contributed by atoms with E-state index < -0.39 is 30.4 Å². The van der Waals surface area contributed by atoms with Crippen molar-refractivity contribution in [1.29, 1.82) is 0 Å². The number of carbonyl (C=O) groups is 4. The number of nitrogens with zero attached hydrogens (tertiary/aromatic N) is 1. The Morgan fingerprint density at radius 1 is 1.27 bits per heavy atom. The highest BCUT2D eigenvalue weighted by Gasteiger charge is 2.36. The van der Waals surface area contributed by atoms with Crippen LogP contribution in [0.4, 0.5) is 4.79 Å². The van der Waals surface area contributed by atoms with E-state index in [1.807, 2.05) is 0 Å². The minimum absolute atomic E-state index is 0.143. The molecule has 1 aromatic carbocycles. The average molecular weight is 454 g/mol. The van der Waals surface area contributed by atoms with Crippen LogP contribution in [0.15, 0.2) is 53.2 Å². The Bertz CT molecular complexity index is 1120. The number of aliphatic carboxylic acids is 1. The Morgan fingerprint density at radius 2 is 2.06 bits per heavy atom. The highest BCUT2D eigenvalue weighted by molar-refractivity contribution is 6.30. The summed E-state index contributed by atoms with van der Waals surface area (Å²) in [6.45, 7) is 4.99. The summed E-state index contributed by atoms with van der Waals surface area (Å²) in [6.07, 6.45) is 4.65. The molecule has 0 bridgehead atoms. The molecule has 1 aliphatic heterocycles. The predicted octanol–water partition coefficient (Wildman–Crippen LogP) is 2.53. The van der Waals surface area contributed by atoms with Crippen LogP contribution < -0.4 is 14.8 Å². The molecule has 1 saturated heterocycles. The number of furan rings is 1. The van der Waals surface area contributed by atoms with Crippen molar-refractivity contribution in [2.24, 2.45) is 0 Å². The van der Waals surface area contributed by atoms with E-state index in [-0.39, 0.29) is 30.2 Å². The van der Waals surface area contributed by atoms with E-state index in [0.29, 0.717) is 23.3 Å². The Kier molecular flexibility index (Phi) is 7.29. The lowest BCUT2D eigenvalue weighted by Gasteiger charge is -2.25. The summed E-state index contributed by atoms with van der Waals surface area (Å²) in [5.41, 5.74) is 0.715. The van der Waals surface area contributed by atoms with Gasteiger partial charge in [-0.05, 0) is 49.2 Å². The van der Waals surface area contributed by atoms with Gasteiger partial charge < -0.3 is 19.0 Å². The number of amides is 4. The molecule has 0 spiro atoms. The molecule has 2 aromatic rings. The number of hydrogen-bond donors (Lipinski definition) is 2. The maximum absolute atomic E-state index is 12.9. The molecule has 0 saturated carbocycles. The van der Waals surface area contributed by atoms with Gasteiger partial charge >= 0.3 is 12.0 Å². The number of imide groups is 2. The fourth-order valence-electron chi connectivity index (χ4n) is 3.20. The molecule has 3 rings (SSSR count). The standard InChI is InChI=1S/C23H22N2O8/c1-3-6-15-9-14(11-18(31-4-2)20(15)33-13-19(26)27)10-17-21(28)24-23(30)25(22(17)29)12-16-7-5-8-32-16/h3,5,7-11H,1,4,6,12-13H2,2H3,(H,26,27)(H,24,28,30)/b17-10+. The summed E-state index contributed by atoms with van der Waals surface area (Å²) < 4.78 is 16.2. The van der Waals surface area contributed by atoms with E-state index >= 15 is 0 Å². The van der Waals surface area contributed by atoms with E-state index in [4.69, 9.17) is 19.0 Å². The Balaban J connectivity index is 2.00. The molecule has 0 radical (unpaired) electrons. The van der Waals surface area contributed by atoms with Crippen molar-refractivity contribution in [3.63, 3.8) is 0 Å². The van der Waals surface area contributed by atoms with E-state index in [2.05, 4.69) is 11.9 Å². The number of carbonyl (C=O) groups excluding carboxylic acids is 3. The molecule has 0 aliphatic carbocycles. The normalized spacial score (nSPS) is 14.9. The first-order chi connectivity index (χ1) is 15.8. The summed E-state index contributed by atoms with van der Waals surface area (Å²) in [4.78, 5) is 49.4. The van der Waals surface area contributed by atoms with E-state index in [9.17, 15) is 19.2 Å². The second-order valence-corrected chi connectivity index (χ2v) is 6.90. The maximum Gasteiger partial charge on any atom is 0.341 e. The topological polar surface area (TPSA) is 135 Å². The molecule has 2 heterocycles. The number of hydrogen-bond acceptors (Lipinski definition) is 7. The number of carboxylic acids is 1. The van der Waals surface area contributed by atoms with Gasteiger partial charge in [-0.15, -0.1) is 6.58 Å². The molecule has 33 heavy (non-hydrogen) atoms. The van der Waals surface area contributed by atoms with Crippen LogP contribution in [0.25, 0.3) is 6.08 Å². The largest absolute Gasteiger partial charge is 0.490 e. The number of allylic oxidation sites excluding steroid dienone is 1. The molecule has 1 aliphatic rings. The molecule has 10 heteroatoms. The molecule has 4 amide bonds. The van der Waals surface area contributed by atoms with Gasteiger partial charge in [0.05, 0.1) is 19.4 Å². The van der Waals surface area contributed by atoms with Gasteiger partial charge in [0.15, 0.2) is 18.1 Å². The SMILES string of the molecule is C=CCc1cc(/C=C2\C(=O)NC(=O)N(Cc3ccco3)C2=O)cc(OCC)c1OCC(=O)O. The number of barbiturate groups is 1. The summed E-state index contributed by atoms with van der Waals surface area (Å²) >= 11 is 0. The van der Waals surface area contributed by atoms with Crippen LogP contribution in [0.3, 0.4) is 0 Å². The number of carboxylic acid groups (broad SMARTS) is 1. The average Bonchev–Trinajstić information content (AvgIpc) is 3.27. The monoisotopic (exact) mass is 454 g/mol. The van der Waals surface area contributed by atoms with Crippen LogP contribution in [0.5, 0.6) is 11.5 Å². The molecule has 172 valence electrons. The van der Waals surface area contributed by atoms with Crippen LogP contribution >= 0.6 is 0 Å². The van der Waals surface area contributed by atoms with Crippen molar-refractivity contribution in [3.8, 4) is 11.5 Å². The number of nitrogens with one attached hydrogen (secondary N) is 1. The number of benzene rings is 1. The van der Waals surface area contributed by atoms with Gasteiger partial charge in [0.1, 0.15) is 11.3 Å². The van der Waals surface area contributed by atoms with Crippen molar-refractivity contribution in [1.82, 2.24) is 10.2 Å². The summed E-state index contributed by atoms with van der Waals surface area (Å²) in [5, 5.41) is 11.1. The van der Waals surface area contributed by atoms with Gasteiger partial charge in [0.2, 0.25) is 0 Å². The van der Waals surface area contributed by atoms with Gasteiger partial charge in [0, 0.05) is 5.56 Å². The van der Waals surface area contributed by atoms with Crippen molar-refractivity contribution >= 4 is 29.9 Å². The van der Waals surface area contributed by atoms with Gasteiger partial charge in [-0.2, -0.15) is 0 Å². The lowest BCUT2D eigenvalue weighted by molar-refractivity contribution is -0.139. The lowest BCUT2D eigenvalue weighted by Crippen LogP contribution is -2.53. The molecular weight excluding hydrogens is 432 g/mol. The fraction of sp³-hybridized carbons (Fsp3) is 0.217. The number of ether oxygens (including phenoxy) is 2. The van der Waals surface area contributed by atoms with Crippen molar-refractivity contribution in [2.75, 3.05) is 13.2 Å². The zero-order valence-electron chi connectivity index (χ0n) is 17.8. The highest BCUT2D eigenvalue weighted by Crippen LogP contribution is 2.35. The first-order valence-electron chi connectivity index (χ1n) is 10.0. The Labute approximate surface area is 189 Å². The Hall–Kier alpha value is -4.34. The molecule has 0 unspecified atom stereocenters. The zero-order chi connectivity index (χ0) is 24.0. The molecule has 1 fully saturated rings. The van der Waals surface area contributed by atoms with Crippen LogP contribution in [-0.2, 0) is 27.3 Å². The molecule has 2 N–H and O–H groups in total. The number of urea groups is 1. The molecule has 1 aromatic heterocycles. The number of rotatable bonds is 10.